The summed E-state index contributed by atoms with van der Waals surface area (Å²) >= 11 is 0. The first-order chi connectivity index (χ1) is 12.9. The highest BCUT2D eigenvalue weighted by molar-refractivity contribution is 5.87. The molecule has 3 fully saturated rings. The quantitative estimate of drug-likeness (QED) is 0.709. The molecule has 0 aromatic heterocycles. The van der Waals surface area contributed by atoms with E-state index < -0.39 is 35.5 Å². The van der Waals surface area contributed by atoms with Crippen molar-refractivity contribution in [2.45, 2.75) is 56.9 Å². The zero-order valence-corrected chi connectivity index (χ0v) is 15.8. The summed E-state index contributed by atoms with van der Waals surface area (Å²) in [5.41, 5.74) is -0.563. The Labute approximate surface area is 160 Å². The Balaban J connectivity index is 1.53. The van der Waals surface area contributed by atoms with Gasteiger partial charge in [0.1, 0.15) is 0 Å². The van der Waals surface area contributed by atoms with Crippen LogP contribution in [-0.4, -0.2) is 46.3 Å². The van der Waals surface area contributed by atoms with Crippen molar-refractivity contribution in [1.29, 1.82) is 0 Å². The fraction of sp³-hybridized carbons (Fsp3) is 0.650. The molecule has 4 rings (SSSR count). The van der Waals surface area contributed by atoms with Gasteiger partial charge in [-0.25, -0.2) is 0 Å². The van der Waals surface area contributed by atoms with E-state index in [1.807, 2.05) is 18.7 Å². The summed E-state index contributed by atoms with van der Waals surface area (Å²) in [5, 5.41) is 0. The SMILES string of the molecule is CC(C)[C@H]1C[C@]23CN(Cc4ccc(C(F)(F)F)cc4)C[C@H]2CC(F)(F)C(=O)N13. The molecule has 3 saturated heterocycles. The zero-order chi connectivity index (χ0) is 20.5. The third-order valence-corrected chi connectivity index (χ3v) is 6.60. The van der Waals surface area contributed by atoms with Gasteiger partial charge in [0.15, 0.2) is 0 Å². The van der Waals surface area contributed by atoms with Gasteiger partial charge in [-0.2, -0.15) is 22.0 Å². The van der Waals surface area contributed by atoms with Gasteiger partial charge in [-0.15, -0.1) is 0 Å². The van der Waals surface area contributed by atoms with Gasteiger partial charge in [0.2, 0.25) is 0 Å². The van der Waals surface area contributed by atoms with E-state index in [0.717, 1.165) is 12.1 Å². The summed E-state index contributed by atoms with van der Waals surface area (Å²) in [7, 11) is 0. The van der Waals surface area contributed by atoms with Crippen molar-refractivity contribution in [2.24, 2.45) is 11.8 Å². The number of rotatable bonds is 3. The third kappa shape index (κ3) is 2.91. The summed E-state index contributed by atoms with van der Waals surface area (Å²) in [5.74, 6) is -4.62. The standard InChI is InChI=1S/C20H23F5N2O/c1-12(2)16-8-18-11-26(9-13-3-5-14(6-4-13)20(23,24)25)10-15(18)7-19(21,22)17(28)27(16)18/h3-6,12,15-16H,7-11H2,1-2H3/t15-,16-,18+/m1/s1. The summed E-state index contributed by atoms with van der Waals surface area (Å²) in [6, 6.07) is 4.76. The Hall–Kier alpha value is -1.70. The van der Waals surface area contributed by atoms with Crippen LogP contribution in [0.3, 0.4) is 0 Å². The number of amides is 1. The number of carbonyl (C=O) groups excluding carboxylic acids is 1. The first-order valence-corrected chi connectivity index (χ1v) is 9.54. The third-order valence-electron chi connectivity index (χ3n) is 6.60. The Kier molecular flexibility index (Phi) is 4.30. The van der Waals surface area contributed by atoms with Crippen LogP contribution in [0.2, 0.25) is 0 Å². The summed E-state index contributed by atoms with van der Waals surface area (Å²) < 4.78 is 66.8. The van der Waals surface area contributed by atoms with Gasteiger partial charge in [-0.3, -0.25) is 9.69 Å². The van der Waals surface area contributed by atoms with Gasteiger partial charge < -0.3 is 4.90 Å². The number of piperidine rings is 1. The van der Waals surface area contributed by atoms with Crippen LogP contribution in [0.1, 0.15) is 37.8 Å². The van der Waals surface area contributed by atoms with Crippen LogP contribution < -0.4 is 0 Å². The minimum absolute atomic E-state index is 0.105. The Morgan fingerprint density at radius 3 is 2.36 bits per heavy atom. The molecule has 8 heteroatoms. The Morgan fingerprint density at radius 1 is 1.14 bits per heavy atom. The van der Waals surface area contributed by atoms with Crippen LogP contribution in [0.15, 0.2) is 24.3 Å². The van der Waals surface area contributed by atoms with Crippen LogP contribution in [0.5, 0.6) is 0 Å². The van der Waals surface area contributed by atoms with E-state index in [-0.39, 0.29) is 17.9 Å². The minimum Gasteiger partial charge on any atom is -0.327 e. The molecule has 0 unspecified atom stereocenters. The van der Waals surface area contributed by atoms with Gasteiger partial charge in [0, 0.05) is 38.0 Å². The second-order valence-electron chi connectivity index (χ2n) is 8.76. The maximum absolute atomic E-state index is 14.3. The molecule has 0 saturated carbocycles. The molecule has 1 amide bonds. The average Bonchev–Trinajstić information content (AvgIpc) is 2.90. The van der Waals surface area contributed by atoms with Crippen molar-refractivity contribution in [3.8, 4) is 0 Å². The van der Waals surface area contributed by atoms with Crippen molar-refractivity contribution in [2.75, 3.05) is 13.1 Å². The molecule has 1 aromatic carbocycles. The number of nitrogens with zero attached hydrogens (tertiary/aromatic N) is 2. The van der Waals surface area contributed by atoms with Crippen molar-refractivity contribution in [3.63, 3.8) is 0 Å². The molecule has 28 heavy (non-hydrogen) atoms. The summed E-state index contributed by atoms with van der Waals surface area (Å²) in [6.45, 7) is 5.16. The highest BCUT2D eigenvalue weighted by atomic mass is 19.4. The maximum atomic E-state index is 14.3. The fourth-order valence-electron chi connectivity index (χ4n) is 5.23. The van der Waals surface area contributed by atoms with E-state index >= 15 is 0 Å². The van der Waals surface area contributed by atoms with Crippen molar-refractivity contribution < 1.29 is 26.7 Å². The molecule has 1 spiro atoms. The Morgan fingerprint density at radius 2 is 1.79 bits per heavy atom. The van der Waals surface area contributed by atoms with E-state index in [1.165, 1.54) is 17.0 Å². The molecule has 154 valence electrons. The zero-order valence-electron chi connectivity index (χ0n) is 15.8. The predicted octanol–water partition coefficient (Wildman–Crippen LogP) is 4.17. The van der Waals surface area contributed by atoms with Crippen molar-refractivity contribution in [3.05, 3.63) is 35.4 Å². The van der Waals surface area contributed by atoms with Gasteiger partial charge in [-0.1, -0.05) is 26.0 Å². The normalized spacial score (nSPS) is 32.3. The lowest BCUT2D eigenvalue weighted by Gasteiger charge is -2.63. The second kappa shape index (κ2) is 6.15. The molecule has 0 aliphatic carbocycles. The molecule has 0 bridgehead atoms. The number of alkyl halides is 5. The predicted molar refractivity (Wildman–Crippen MR) is 92.6 cm³/mol. The lowest BCUT2D eigenvalue weighted by Crippen LogP contribution is -2.78. The van der Waals surface area contributed by atoms with Crippen molar-refractivity contribution in [1.82, 2.24) is 9.80 Å². The van der Waals surface area contributed by atoms with Gasteiger partial charge >= 0.3 is 12.1 Å². The monoisotopic (exact) mass is 402 g/mol. The lowest BCUT2D eigenvalue weighted by atomic mass is 9.64. The highest BCUT2D eigenvalue weighted by Crippen LogP contribution is 2.56. The maximum Gasteiger partial charge on any atom is 0.416 e. The number of hydrogen-bond donors (Lipinski definition) is 0. The van der Waals surface area contributed by atoms with Crippen LogP contribution in [0, 0.1) is 11.8 Å². The van der Waals surface area contributed by atoms with E-state index in [2.05, 4.69) is 0 Å². The molecule has 3 heterocycles. The molecule has 0 radical (unpaired) electrons. The Bertz CT molecular complexity index is 776. The average molecular weight is 402 g/mol. The lowest BCUT2D eigenvalue weighted by molar-refractivity contribution is -0.213. The molecular weight excluding hydrogens is 379 g/mol. The van der Waals surface area contributed by atoms with Crippen LogP contribution in [-0.2, 0) is 17.5 Å². The van der Waals surface area contributed by atoms with Crippen LogP contribution in [0.25, 0.3) is 0 Å². The van der Waals surface area contributed by atoms with E-state index in [0.29, 0.717) is 31.6 Å². The number of carbonyl (C=O) groups is 1. The van der Waals surface area contributed by atoms with Crippen molar-refractivity contribution >= 4 is 5.91 Å². The van der Waals surface area contributed by atoms with E-state index in [4.69, 9.17) is 0 Å². The smallest absolute Gasteiger partial charge is 0.327 e. The van der Waals surface area contributed by atoms with Gasteiger partial charge in [-0.05, 0) is 30.0 Å². The van der Waals surface area contributed by atoms with E-state index in [9.17, 15) is 26.7 Å². The highest BCUT2D eigenvalue weighted by Gasteiger charge is 2.70. The fourth-order valence-corrected chi connectivity index (χ4v) is 5.23. The van der Waals surface area contributed by atoms with Gasteiger partial charge in [0.25, 0.3) is 5.91 Å². The first kappa shape index (κ1) is 19.6. The molecule has 3 aliphatic rings. The number of halogens is 5. The number of benzene rings is 1. The van der Waals surface area contributed by atoms with Crippen LogP contribution in [0.4, 0.5) is 22.0 Å². The first-order valence-electron chi connectivity index (χ1n) is 9.54. The molecule has 3 nitrogen and oxygen atoms in total. The largest absolute Gasteiger partial charge is 0.416 e. The molecule has 3 aliphatic heterocycles. The van der Waals surface area contributed by atoms with Crippen LogP contribution >= 0.6 is 0 Å². The molecule has 1 aromatic rings. The minimum atomic E-state index is -4.38. The summed E-state index contributed by atoms with van der Waals surface area (Å²) in [6.07, 6.45) is -4.12. The van der Waals surface area contributed by atoms with E-state index in [1.54, 1.807) is 0 Å². The molecule has 0 N–H and O–H groups in total. The molecule has 3 atom stereocenters. The second-order valence-corrected chi connectivity index (χ2v) is 8.76. The topological polar surface area (TPSA) is 23.6 Å². The number of hydrogen-bond acceptors (Lipinski definition) is 2. The number of likely N-dealkylation sites (tertiary alicyclic amines) is 1. The van der Waals surface area contributed by atoms with Gasteiger partial charge in [0.05, 0.1) is 11.1 Å². The molecular formula is C20H23F5N2O. The summed E-state index contributed by atoms with van der Waals surface area (Å²) in [4.78, 5) is 15.8.